The molecule has 3 aliphatic rings. The Kier molecular flexibility index (Phi) is 16.8. The summed E-state index contributed by atoms with van der Waals surface area (Å²) in [7, 11) is 0. The summed E-state index contributed by atoms with van der Waals surface area (Å²) in [6.07, 6.45) is 15.1. The van der Waals surface area contributed by atoms with E-state index in [9.17, 15) is 24.5 Å². The van der Waals surface area contributed by atoms with Gasteiger partial charge in [-0.1, -0.05) is 32.1 Å². The molecule has 0 heterocycles. The summed E-state index contributed by atoms with van der Waals surface area (Å²) in [6.45, 7) is 0.604. The van der Waals surface area contributed by atoms with Crippen molar-refractivity contribution in [3.8, 4) is 0 Å². The summed E-state index contributed by atoms with van der Waals surface area (Å²) in [4.78, 5) is 40.3. The van der Waals surface area contributed by atoms with Gasteiger partial charge in [0.1, 0.15) is 12.3 Å². The number of rotatable bonds is 9. The van der Waals surface area contributed by atoms with Crippen molar-refractivity contribution in [1.82, 2.24) is 0 Å². The first-order valence-electron chi connectivity index (χ1n) is 13.9. The molecule has 0 spiro atoms. The van der Waals surface area contributed by atoms with E-state index in [2.05, 4.69) is 0 Å². The third-order valence-corrected chi connectivity index (χ3v) is 7.50. The Balaban J connectivity index is 0.000000263. The first-order valence-corrected chi connectivity index (χ1v) is 13.9. The van der Waals surface area contributed by atoms with Crippen LogP contribution in [0, 0.1) is 27.9 Å². The number of hydrogen-bond donors (Lipinski definition) is 5. The summed E-state index contributed by atoms with van der Waals surface area (Å²) in [5.74, 6) is 0.617. The molecule has 4 rings (SSSR count). The van der Waals surface area contributed by atoms with Crippen molar-refractivity contribution >= 4 is 23.9 Å². The maximum Gasteiger partial charge on any atom is 0.320 e. The second kappa shape index (κ2) is 19.2. The van der Waals surface area contributed by atoms with Crippen LogP contribution in [0.3, 0.4) is 0 Å². The highest BCUT2D eigenvalue weighted by molar-refractivity contribution is 5.75. The molecular weight excluding hydrogens is 504 g/mol. The molecule has 0 radical (unpaired) electrons. The molecule has 39 heavy (non-hydrogen) atoms. The third-order valence-electron chi connectivity index (χ3n) is 7.50. The van der Waals surface area contributed by atoms with Gasteiger partial charge in [-0.15, -0.1) is 0 Å². The molecular formula is C28H46N4O7. The van der Waals surface area contributed by atoms with Crippen LogP contribution in [0.5, 0.6) is 0 Å². The monoisotopic (exact) mass is 550 g/mol. The lowest BCUT2D eigenvalue weighted by molar-refractivity contribution is -0.384. The van der Waals surface area contributed by atoms with E-state index >= 15 is 0 Å². The third kappa shape index (κ3) is 14.7. The molecule has 3 unspecified atom stereocenters. The van der Waals surface area contributed by atoms with Crippen molar-refractivity contribution in [3.63, 3.8) is 0 Å². The van der Waals surface area contributed by atoms with Gasteiger partial charge in [0.05, 0.1) is 4.92 Å². The summed E-state index contributed by atoms with van der Waals surface area (Å²) in [5.41, 5.74) is 16.5. The summed E-state index contributed by atoms with van der Waals surface area (Å²) >= 11 is 0. The highest BCUT2D eigenvalue weighted by atomic mass is 16.6. The lowest BCUT2D eigenvalue weighted by Crippen LogP contribution is -2.29. The van der Waals surface area contributed by atoms with Crippen LogP contribution in [-0.2, 0) is 9.59 Å². The fourth-order valence-electron chi connectivity index (χ4n) is 5.29. The Morgan fingerprint density at radius 1 is 1.03 bits per heavy atom. The minimum atomic E-state index is -0.933. The highest BCUT2D eigenvalue weighted by Crippen LogP contribution is 2.49. The van der Waals surface area contributed by atoms with Gasteiger partial charge >= 0.3 is 11.9 Å². The second-order valence-electron chi connectivity index (χ2n) is 10.6. The number of aliphatic carboxylic acids is 2. The summed E-state index contributed by atoms with van der Waals surface area (Å²) in [6, 6.07) is 5.23. The molecule has 4 atom stereocenters. The number of nitro groups is 1. The largest absolute Gasteiger partial charge is 0.481 e. The lowest BCUT2D eigenvalue weighted by atomic mass is 9.86. The zero-order valence-electron chi connectivity index (χ0n) is 22.8. The van der Waals surface area contributed by atoms with Crippen LogP contribution in [0.1, 0.15) is 93.8 Å². The molecule has 0 saturated heterocycles. The quantitative estimate of drug-likeness (QED) is 0.128. The predicted molar refractivity (Wildman–Crippen MR) is 149 cm³/mol. The summed E-state index contributed by atoms with van der Waals surface area (Å²) < 4.78 is 0. The van der Waals surface area contributed by atoms with Crippen LogP contribution in [-0.4, -0.2) is 52.0 Å². The number of nitro benzene ring substituents is 1. The fraction of sp³-hybridized carbons (Fsp3) is 0.679. The molecule has 0 amide bonds. The van der Waals surface area contributed by atoms with Crippen molar-refractivity contribution in [1.29, 1.82) is 0 Å². The molecule has 3 fully saturated rings. The molecule has 0 aliphatic heterocycles. The summed E-state index contributed by atoms with van der Waals surface area (Å²) in [5, 5.41) is 27.0. The van der Waals surface area contributed by atoms with Gasteiger partial charge in [0.25, 0.3) is 5.69 Å². The Labute approximate surface area is 230 Å². The van der Waals surface area contributed by atoms with Crippen molar-refractivity contribution in [2.24, 2.45) is 35.0 Å². The van der Waals surface area contributed by atoms with E-state index in [0.717, 1.165) is 24.7 Å². The standard InChI is InChI=1S/C9H14O2.C7H5NO3.C6H14N2O2.C6H13N/c10-9(11)5-8-4-6-1-2-7(8)3-6;9-5-6-1-3-7(4-2-6)8(10)11;7-4-2-1-3-5(8)6(9)10;7-6-4-2-1-3-5-6/h6-8H,1-5H2,(H,10,11);1-5H;5H,1-4,7-8H2,(H,9,10);6H,1-5,7H2/t;;5-;/m..0./s1. The van der Waals surface area contributed by atoms with Crippen LogP contribution in [0.25, 0.3) is 0 Å². The van der Waals surface area contributed by atoms with Gasteiger partial charge < -0.3 is 27.4 Å². The van der Waals surface area contributed by atoms with E-state index in [0.29, 0.717) is 43.2 Å². The molecule has 11 heteroatoms. The first kappa shape index (κ1) is 34.1. The molecule has 1 aromatic carbocycles. The van der Waals surface area contributed by atoms with Crippen LogP contribution in [0.15, 0.2) is 24.3 Å². The molecule has 3 aliphatic carbocycles. The van der Waals surface area contributed by atoms with E-state index in [-0.39, 0.29) is 5.69 Å². The van der Waals surface area contributed by atoms with Gasteiger partial charge in [-0.2, -0.15) is 0 Å². The number of benzene rings is 1. The van der Waals surface area contributed by atoms with Gasteiger partial charge in [0.2, 0.25) is 0 Å². The van der Waals surface area contributed by atoms with Gasteiger partial charge in [-0.05, 0) is 81.4 Å². The second-order valence-corrected chi connectivity index (χ2v) is 10.6. The lowest BCUT2D eigenvalue weighted by Gasteiger charge is -2.18. The Hall–Kier alpha value is -2.89. The molecule has 11 nitrogen and oxygen atoms in total. The number of nitrogens with zero attached hydrogens (tertiary/aromatic N) is 1. The number of carbonyl (C=O) groups is 3. The van der Waals surface area contributed by atoms with E-state index in [1.165, 1.54) is 82.1 Å². The van der Waals surface area contributed by atoms with Crippen LogP contribution in [0.4, 0.5) is 5.69 Å². The van der Waals surface area contributed by atoms with Crippen molar-refractivity contribution < 1.29 is 29.5 Å². The SMILES string of the molecule is NC1CCCCC1.NCCCC[C@H](N)C(=O)O.O=C(O)CC1CC2CCC1C2.O=Cc1ccc([N+](=O)[O-])cc1. The van der Waals surface area contributed by atoms with E-state index in [1.54, 1.807) is 0 Å². The maximum absolute atomic E-state index is 10.4. The number of non-ortho nitro benzene ring substituents is 1. The van der Waals surface area contributed by atoms with Gasteiger partial charge in [-0.3, -0.25) is 24.5 Å². The average molecular weight is 551 g/mol. The first-order chi connectivity index (χ1) is 18.6. The van der Waals surface area contributed by atoms with Crippen LogP contribution >= 0.6 is 0 Å². The number of carboxylic acid groups (broad SMARTS) is 2. The van der Waals surface area contributed by atoms with Crippen LogP contribution in [0.2, 0.25) is 0 Å². The number of carbonyl (C=O) groups excluding carboxylic acids is 1. The maximum atomic E-state index is 10.4. The number of fused-ring (bicyclic) bond motifs is 2. The Bertz CT molecular complexity index is 875. The van der Waals surface area contributed by atoms with Crippen molar-refractivity contribution in [2.75, 3.05) is 6.54 Å². The number of nitrogens with two attached hydrogens (primary N) is 3. The molecule has 3 saturated carbocycles. The zero-order valence-corrected chi connectivity index (χ0v) is 22.8. The predicted octanol–water partition coefficient (Wildman–Crippen LogP) is 4.11. The number of unbranched alkanes of at least 4 members (excludes halogenated alkanes) is 1. The van der Waals surface area contributed by atoms with Crippen LogP contribution < -0.4 is 17.2 Å². The molecule has 8 N–H and O–H groups in total. The highest BCUT2D eigenvalue weighted by Gasteiger charge is 2.40. The topological polar surface area (TPSA) is 213 Å². The smallest absolute Gasteiger partial charge is 0.320 e. The fourth-order valence-corrected chi connectivity index (χ4v) is 5.29. The molecule has 220 valence electrons. The van der Waals surface area contributed by atoms with E-state index < -0.39 is 22.9 Å². The van der Waals surface area contributed by atoms with E-state index in [1.807, 2.05) is 0 Å². The van der Waals surface area contributed by atoms with E-state index in [4.69, 9.17) is 27.4 Å². The number of aldehydes is 1. The number of hydrogen-bond acceptors (Lipinski definition) is 8. The minimum absolute atomic E-state index is 0.00407. The normalized spacial score (nSPS) is 22.1. The van der Waals surface area contributed by atoms with Gasteiger partial charge in [-0.25, -0.2) is 0 Å². The molecule has 1 aromatic rings. The van der Waals surface area contributed by atoms with Crippen molar-refractivity contribution in [3.05, 3.63) is 39.9 Å². The van der Waals surface area contributed by atoms with Crippen molar-refractivity contribution in [2.45, 2.75) is 95.6 Å². The Morgan fingerprint density at radius 2 is 1.67 bits per heavy atom. The zero-order chi connectivity index (χ0) is 29.2. The minimum Gasteiger partial charge on any atom is -0.481 e. The molecule has 2 bridgehead atoms. The van der Waals surface area contributed by atoms with Gasteiger partial charge in [0, 0.05) is 30.2 Å². The average Bonchev–Trinajstić information content (AvgIpc) is 3.53. The number of carboxylic acids is 2. The Morgan fingerprint density at radius 3 is 2.05 bits per heavy atom. The van der Waals surface area contributed by atoms with Gasteiger partial charge in [0.15, 0.2) is 0 Å². The molecule has 0 aromatic heterocycles.